The summed E-state index contributed by atoms with van der Waals surface area (Å²) in [5.74, 6) is -1.08. The molecule has 0 saturated heterocycles. The molecule has 0 aliphatic rings. The summed E-state index contributed by atoms with van der Waals surface area (Å²) in [5.41, 5.74) is 1.45. The van der Waals surface area contributed by atoms with Crippen LogP contribution in [0.4, 0.5) is 8.78 Å². The van der Waals surface area contributed by atoms with Crippen molar-refractivity contribution in [2.45, 2.75) is 25.8 Å². The third-order valence-electron chi connectivity index (χ3n) is 3.30. The molecular formula is C16H17ClF2N2. The fraction of sp³-hybridized carbons (Fsp3) is 0.312. The Kier molecular flexibility index (Phi) is 5.65. The second-order valence-corrected chi connectivity index (χ2v) is 5.27. The predicted molar refractivity (Wildman–Crippen MR) is 80.5 cm³/mol. The Morgan fingerprint density at radius 1 is 1.19 bits per heavy atom. The van der Waals surface area contributed by atoms with Gasteiger partial charge in [0.25, 0.3) is 0 Å². The molecule has 2 nitrogen and oxygen atoms in total. The summed E-state index contributed by atoms with van der Waals surface area (Å²) < 4.78 is 26.7. The number of hydrogen-bond acceptors (Lipinski definition) is 2. The highest BCUT2D eigenvalue weighted by molar-refractivity contribution is 6.31. The van der Waals surface area contributed by atoms with Crippen molar-refractivity contribution in [2.24, 2.45) is 0 Å². The lowest BCUT2D eigenvalue weighted by atomic mass is 9.99. The maximum absolute atomic E-state index is 13.8. The van der Waals surface area contributed by atoms with Gasteiger partial charge in [0.15, 0.2) is 0 Å². The zero-order valence-corrected chi connectivity index (χ0v) is 12.5. The van der Waals surface area contributed by atoms with Crippen LogP contribution in [-0.2, 0) is 12.8 Å². The summed E-state index contributed by atoms with van der Waals surface area (Å²) in [7, 11) is 0. The molecule has 0 aliphatic heterocycles. The first kappa shape index (κ1) is 15.9. The molecular weight excluding hydrogens is 294 g/mol. The van der Waals surface area contributed by atoms with Crippen LogP contribution in [0.5, 0.6) is 0 Å². The quantitative estimate of drug-likeness (QED) is 0.878. The van der Waals surface area contributed by atoms with E-state index in [0.717, 1.165) is 18.2 Å². The number of halogens is 3. The number of nitrogens with one attached hydrogen (secondary N) is 1. The fourth-order valence-electron chi connectivity index (χ4n) is 2.29. The Morgan fingerprint density at radius 2 is 1.95 bits per heavy atom. The Balaban J connectivity index is 2.14. The Labute approximate surface area is 128 Å². The number of nitrogens with zero attached hydrogens (tertiary/aromatic N) is 1. The van der Waals surface area contributed by atoms with Gasteiger partial charge in [-0.05, 0) is 42.6 Å². The van der Waals surface area contributed by atoms with E-state index in [4.69, 9.17) is 11.6 Å². The Bertz CT molecular complexity index is 605. The van der Waals surface area contributed by atoms with Gasteiger partial charge in [-0.25, -0.2) is 8.78 Å². The van der Waals surface area contributed by atoms with Crippen LogP contribution in [0.1, 0.15) is 18.1 Å². The highest BCUT2D eigenvalue weighted by Crippen LogP contribution is 2.18. The highest BCUT2D eigenvalue weighted by Gasteiger charge is 2.14. The number of hydrogen-bond donors (Lipinski definition) is 1. The molecule has 0 aliphatic carbocycles. The average Bonchev–Trinajstić information content (AvgIpc) is 2.44. The molecule has 0 radical (unpaired) electrons. The van der Waals surface area contributed by atoms with Crippen LogP contribution < -0.4 is 5.32 Å². The van der Waals surface area contributed by atoms with E-state index in [-0.39, 0.29) is 6.04 Å². The Morgan fingerprint density at radius 3 is 2.62 bits per heavy atom. The topological polar surface area (TPSA) is 24.9 Å². The summed E-state index contributed by atoms with van der Waals surface area (Å²) in [6, 6.07) is 5.56. The van der Waals surface area contributed by atoms with Crippen LogP contribution >= 0.6 is 11.6 Å². The van der Waals surface area contributed by atoms with E-state index in [2.05, 4.69) is 10.3 Å². The van der Waals surface area contributed by atoms with Gasteiger partial charge in [0.05, 0.1) is 5.02 Å². The number of benzene rings is 1. The molecule has 1 atom stereocenters. The van der Waals surface area contributed by atoms with Crippen LogP contribution in [0.15, 0.2) is 36.7 Å². The molecule has 2 aromatic rings. The van der Waals surface area contributed by atoms with Crippen LogP contribution in [0.3, 0.4) is 0 Å². The second-order valence-electron chi connectivity index (χ2n) is 4.87. The van der Waals surface area contributed by atoms with Crippen molar-refractivity contribution in [1.29, 1.82) is 0 Å². The van der Waals surface area contributed by atoms with E-state index in [1.807, 2.05) is 13.0 Å². The molecule has 1 unspecified atom stereocenters. The summed E-state index contributed by atoms with van der Waals surface area (Å²) in [6.07, 6.45) is 4.41. The van der Waals surface area contributed by atoms with Gasteiger partial charge < -0.3 is 5.32 Å². The van der Waals surface area contributed by atoms with Gasteiger partial charge in [0.2, 0.25) is 0 Å². The fourth-order valence-corrected chi connectivity index (χ4v) is 2.49. The van der Waals surface area contributed by atoms with Crippen molar-refractivity contribution in [3.63, 3.8) is 0 Å². The molecule has 2 rings (SSSR count). The first-order valence-corrected chi connectivity index (χ1v) is 7.23. The van der Waals surface area contributed by atoms with E-state index in [1.54, 1.807) is 12.4 Å². The van der Waals surface area contributed by atoms with Crippen molar-refractivity contribution in [3.05, 3.63) is 64.4 Å². The minimum Gasteiger partial charge on any atom is -0.314 e. The van der Waals surface area contributed by atoms with Gasteiger partial charge >= 0.3 is 0 Å². The predicted octanol–water partition coefficient (Wildman–Crippen LogP) is 3.78. The monoisotopic (exact) mass is 310 g/mol. The molecule has 1 aromatic carbocycles. The molecule has 1 aromatic heterocycles. The van der Waals surface area contributed by atoms with Crippen molar-refractivity contribution in [1.82, 2.24) is 10.3 Å². The van der Waals surface area contributed by atoms with Crippen molar-refractivity contribution >= 4 is 11.6 Å². The van der Waals surface area contributed by atoms with Crippen molar-refractivity contribution in [2.75, 3.05) is 6.54 Å². The van der Waals surface area contributed by atoms with Crippen molar-refractivity contribution in [3.8, 4) is 0 Å². The zero-order chi connectivity index (χ0) is 15.2. The summed E-state index contributed by atoms with van der Waals surface area (Å²) in [4.78, 5) is 3.95. The average molecular weight is 311 g/mol. The third kappa shape index (κ3) is 4.48. The second kappa shape index (κ2) is 7.48. The molecule has 112 valence electrons. The van der Waals surface area contributed by atoms with Crippen LogP contribution in [0.2, 0.25) is 5.02 Å². The SMILES string of the molecule is CCNC(Cc1ccc(F)cc1F)Cc1ccncc1Cl. The molecule has 0 saturated carbocycles. The Hall–Kier alpha value is -1.52. The minimum atomic E-state index is -0.562. The van der Waals surface area contributed by atoms with Gasteiger partial charge in [0.1, 0.15) is 11.6 Å². The lowest BCUT2D eigenvalue weighted by molar-refractivity contribution is 0.501. The van der Waals surface area contributed by atoms with E-state index in [1.165, 1.54) is 12.1 Å². The maximum atomic E-state index is 13.8. The number of pyridine rings is 1. The summed E-state index contributed by atoms with van der Waals surface area (Å²) in [6.45, 7) is 2.75. The largest absolute Gasteiger partial charge is 0.314 e. The number of likely N-dealkylation sites (N-methyl/N-ethyl adjacent to an activating group) is 1. The standard InChI is InChI=1S/C16H17ClF2N2/c1-2-21-14(7-11-5-6-20-10-15(11)17)8-12-3-4-13(18)9-16(12)19/h3-6,9-10,14,21H,2,7-8H2,1H3. The van der Waals surface area contributed by atoms with Gasteiger partial charge in [-0.15, -0.1) is 0 Å². The van der Waals surface area contributed by atoms with E-state index < -0.39 is 11.6 Å². The highest BCUT2D eigenvalue weighted by atomic mass is 35.5. The van der Waals surface area contributed by atoms with Gasteiger partial charge in [-0.2, -0.15) is 0 Å². The summed E-state index contributed by atoms with van der Waals surface area (Å²) >= 11 is 6.11. The van der Waals surface area contributed by atoms with Gasteiger partial charge in [-0.3, -0.25) is 4.98 Å². The lowest BCUT2D eigenvalue weighted by Gasteiger charge is -2.19. The normalized spacial score (nSPS) is 12.4. The van der Waals surface area contributed by atoms with Gasteiger partial charge in [-0.1, -0.05) is 24.6 Å². The smallest absolute Gasteiger partial charge is 0.129 e. The first-order valence-electron chi connectivity index (χ1n) is 6.86. The molecule has 0 bridgehead atoms. The first-order chi connectivity index (χ1) is 10.1. The van der Waals surface area contributed by atoms with Crippen LogP contribution in [-0.4, -0.2) is 17.6 Å². The van der Waals surface area contributed by atoms with E-state index >= 15 is 0 Å². The van der Waals surface area contributed by atoms with Crippen molar-refractivity contribution < 1.29 is 8.78 Å². The molecule has 5 heteroatoms. The van der Waals surface area contributed by atoms with E-state index in [9.17, 15) is 8.78 Å². The van der Waals surface area contributed by atoms with Gasteiger partial charge in [0, 0.05) is 24.5 Å². The zero-order valence-electron chi connectivity index (χ0n) is 11.7. The third-order valence-corrected chi connectivity index (χ3v) is 3.64. The molecule has 1 N–H and O–H groups in total. The number of aromatic nitrogens is 1. The summed E-state index contributed by atoms with van der Waals surface area (Å²) in [5, 5.41) is 3.91. The maximum Gasteiger partial charge on any atom is 0.129 e. The van der Waals surface area contributed by atoms with Crippen LogP contribution in [0.25, 0.3) is 0 Å². The molecule has 0 spiro atoms. The molecule has 21 heavy (non-hydrogen) atoms. The minimum absolute atomic E-state index is 0.0230. The molecule has 0 amide bonds. The molecule has 1 heterocycles. The van der Waals surface area contributed by atoms with Crippen LogP contribution in [0, 0.1) is 11.6 Å². The lowest BCUT2D eigenvalue weighted by Crippen LogP contribution is -2.33. The number of rotatable bonds is 6. The molecule has 0 fully saturated rings. The van der Waals surface area contributed by atoms with E-state index in [0.29, 0.717) is 23.4 Å².